The first-order valence-electron chi connectivity index (χ1n) is 9.09. The summed E-state index contributed by atoms with van der Waals surface area (Å²) in [6, 6.07) is 12.3. The monoisotopic (exact) mass is 323 g/mol. The summed E-state index contributed by atoms with van der Waals surface area (Å²) in [5.74, 6) is 1.54. The topological polar surface area (TPSA) is 38.1 Å². The second kappa shape index (κ2) is 6.52. The Morgan fingerprint density at radius 2 is 1.96 bits per heavy atom. The summed E-state index contributed by atoms with van der Waals surface area (Å²) in [6.45, 7) is 4.93. The molecule has 1 saturated carbocycles. The first-order valence-corrected chi connectivity index (χ1v) is 9.09. The Balaban J connectivity index is 1.37. The Labute approximate surface area is 143 Å². The lowest BCUT2D eigenvalue weighted by molar-refractivity contribution is 0.154. The molecule has 0 bridgehead atoms. The molecule has 1 atom stereocenters. The molecule has 4 rings (SSSR count). The Bertz CT molecular complexity index is 746. The molecule has 2 fully saturated rings. The van der Waals surface area contributed by atoms with Gasteiger partial charge in [0.1, 0.15) is 0 Å². The van der Waals surface area contributed by atoms with E-state index < -0.39 is 0 Å². The molecule has 1 saturated heterocycles. The number of nitrogens with zero attached hydrogens (tertiary/aromatic N) is 3. The lowest BCUT2D eigenvalue weighted by Gasteiger charge is -2.39. The zero-order chi connectivity index (χ0) is 16.5. The van der Waals surface area contributed by atoms with Gasteiger partial charge in [-0.15, -0.1) is 0 Å². The Hall–Kier alpha value is -1.94. The van der Waals surface area contributed by atoms with Gasteiger partial charge in [0.2, 0.25) is 0 Å². The van der Waals surface area contributed by atoms with E-state index in [1.54, 1.807) is 12.3 Å². The molecule has 1 aromatic heterocycles. The number of hydrogen-bond donors (Lipinski definition) is 0. The normalized spacial score (nSPS) is 27.1. The van der Waals surface area contributed by atoms with Gasteiger partial charge < -0.3 is 4.90 Å². The maximum absolute atomic E-state index is 11.8. The largest absolute Gasteiger partial charge is 0.300 e. The van der Waals surface area contributed by atoms with Gasteiger partial charge in [0.05, 0.1) is 5.69 Å². The Morgan fingerprint density at radius 1 is 1.17 bits per heavy atom. The zero-order valence-corrected chi connectivity index (χ0v) is 14.3. The van der Waals surface area contributed by atoms with Gasteiger partial charge in [-0.25, -0.2) is 0 Å². The predicted octanol–water partition coefficient (Wildman–Crippen LogP) is 3.21. The fourth-order valence-corrected chi connectivity index (χ4v) is 4.19. The number of benzene rings is 1. The number of aromatic nitrogens is 2. The quantitative estimate of drug-likeness (QED) is 0.867. The zero-order valence-electron chi connectivity index (χ0n) is 14.3. The maximum Gasteiger partial charge on any atom is 0.271 e. The van der Waals surface area contributed by atoms with Crippen LogP contribution in [-0.4, -0.2) is 33.8 Å². The summed E-state index contributed by atoms with van der Waals surface area (Å²) in [4.78, 5) is 14.5. The van der Waals surface area contributed by atoms with E-state index in [-0.39, 0.29) is 5.56 Å². The molecule has 0 spiro atoms. The van der Waals surface area contributed by atoms with Gasteiger partial charge in [-0.05, 0) is 74.8 Å². The molecular weight excluding hydrogens is 298 g/mol. The molecule has 4 heteroatoms. The molecule has 2 heterocycles. The lowest BCUT2D eigenvalue weighted by atomic mass is 9.71. The SMILES string of the molecule is C[C@@H]1CCCN1C[C@H]1C[C@@H](c2ccc(-n3ncccc3=O)cc2)C1. The van der Waals surface area contributed by atoms with Crippen molar-refractivity contribution in [1.82, 2.24) is 14.7 Å². The molecule has 24 heavy (non-hydrogen) atoms. The van der Waals surface area contributed by atoms with Crippen molar-refractivity contribution in [2.24, 2.45) is 5.92 Å². The summed E-state index contributed by atoms with van der Waals surface area (Å²) < 4.78 is 1.45. The minimum atomic E-state index is -0.0892. The maximum atomic E-state index is 11.8. The average molecular weight is 323 g/mol. The summed E-state index contributed by atoms with van der Waals surface area (Å²) in [6.07, 6.45) is 6.97. The third-order valence-electron chi connectivity index (χ3n) is 5.74. The van der Waals surface area contributed by atoms with Gasteiger partial charge >= 0.3 is 0 Å². The van der Waals surface area contributed by atoms with E-state index in [1.807, 2.05) is 12.1 Å². The van der Waals surface area contributed by atoms with Gasteiger partial charge in [-0.2, -0.15) is 9.78 Å². The van der Waals surface area contributed by atoms with Crippen LogP contribution in [0.3, 0.4) is 0 Å². The van der Waals surface area contributed by atoms with Crippen LogP contribution in [0.1, 0.15) is 44.1 Å². The molecule has 2 aliphatic rings. The molecule has 4 nitrogen and oxygen atoms in total. The fraction of sp³-hybridized carbons (Fsp3) is 0.500. The number of rotatable bonds is 4. The molecule has 1 aliphatic carbocycles. The number of hydrogen-bond acceptors (Lipinski definition) is 3. The minimum absolute atomic E-state index is 0.0892. The summed E-state index contributed by atoms with van der Waals surface area (Å²) in [5.41, 5.74) is 2.15. The van der Waals surface area contributed by atoms with E-state index in [2.05, 4.69) is 29.1 Å². The molecule has 126 valence electrons. The molecular formula is C20H25N3O. The van der Waals surface area contributed by atoms with Crippen LogP contribution in [0.15, 0.2) is 47.4 Å². The third kappa shape index (κ3) is 3.03. The molecule has 2 aromatic rings. The first kappa shape index (κ1) is 15.6. The standard InChI is InChI=1S/C20H25N3O/c1-15-4-3-11-22(15)14-16-12-18(13-16)17-6-8-19(9-7-17)23-20(24)5-2-10-21-23/h2,5-10,15-16,18H,3-4,11-14H2,1H3/t15-,16-,18+/m1/s1. The lowest BCUT2D eigenvalue weighted by Crippen LogP contribution is -2.37. The van der Waals surface area contributed by atoms with Crippen LogP contribution in [0.25, 0.3) is 5.69 Å². The van der Waals surface area contributed by atoms with Crippen LogP contribution in [0.5, 0.6) is 0 Å². The third-order valence-corrected chi connectivity index (χ3v) is 5.74. The van der Waals surface area contributed by atoms with Crippen LogP contribution in [0.4, 0.5) is 0 Å². The van der Waals surface area contributed by atoms with Crippen molar-refractivity contribution < 1.29 is 0 Å². The highest BCUT2D eigenvalue weighted by molar-refractivity contribution is 5.35. The van der Waals surface area contributed by atoms with Crippen LogP contribution in [0, 0.1) is 5.92 Å². The van der Waals surface area contributed by atoms with Crippen LogP contribution < -0.4 is 5.56 Å². The van der Waals surface area contributed by atoms with E-state index in [4.69, 9.17) is 0 Å². The van der Waals surface area contributed by atoms with Crippen molar-refractivity contribution in [3.63, 3.8) is 0 Å². The van der Waals surface area contributed by atoms with Crippen molar-refractivity contribution in [3.8, 4) is 5.69 Å². The van der Waals surface area contributed by atoms with E-state index in [1.165, 1.54) is 55.1 Å². The summed E-state index contributed by atoms with van der Waals surface area (Å²) in [7, 11) is 0. The minimum Gasteiger partial charge on any atom is -0.300 e. The summed E-state index contributed by atoms with van der Waals surface area (Å²) in [5, 5.41) is 4.13. The van der Waals surface area contributed by atoms with Gasteiger partial charge in [-0.3, -0.25) is 4.79 Å². The molecule has 1 aliphatic heterocycles. The van der Waals surface area contributed by atoms with Gasteiger partial charge in [0.25, 0.3) is 5.56 Å². The van der Waals surface area contributed by atoms with Gasteiger partial charge in [-0.1, -0.05) is 12.1 Å². The van der Waals surface area contributed by atoms with Gasteiger partial charge in [0.15, 0.2) is 0 Å². The molecule has 0 N–H and O–H groups in total. The summed E-state index contributed by atoms with van der Waals surface area (Å²) >= 11 is 0. The second-order valence-electron chi connectivity index (χ2n) is 7.39. The van der Waals surface area contributed by atoms with Crippen molar-refractivity contribution in [3.05, 3.63) is 58.5 Å². The van der Waals surface area contributed by atoms with Crippen molar-refractivity contribution in [2.45, 2.75) is 44.6 Å². The van der Waals surface area contributed by atoms with E-state index in [0.717, 1.165) is 17.6 Å². The highest BCUT2D eigenvalue weighted by Gasteiger charge is 2.33. The van der Waals surface area contributed by atoms with Gasteiger partial charge in [0, 0.05) is 24.8 Å². The van der Waals surface area contributed by atoms with Crippen LogP contribution in [-0.2, 0) is 0 Å². The van der Waals surface area contributed by atoms with E-state index in [0.29, 0.717) is 5.92 Å². The fourth-order valence-electron chi connectivity index (χ4n) is 4.19. The van der Waals surface area contributed by atoms with E-state index >= 15 is 0 Å². The van der Waals surface area contributed by atoms with Crippen LogP contribution >= 0.6 is 0 Å². The highest BCUT2D eigenvalue weighted by Crippen LogP contribution is 2.42. The molecule has 1 aromatic carbocycles. The molecule has 0 amide bonds. The highest BCUT2D eigenvalue weighted by atomic mass is 16.1. The Morgan fingerprint density at radius 3 is 2.62 bits per heavy atom. The van der Waals surface area contributed by atoms with E-state index in [9.17, 15) is 4.79 Å². The molecule has 0 unspecified atom stereocenters. The number of likely N-dealkylation sites (tertiary alicyclic amines) is 1. The van der Waals surface area contributed by atoms with Crippen LogP contribution in [0.2, 0.25) is 0 Å². The smallest absolute Gasteiger partial charge is 0.271 e. The first-order chi connectivity index (χ1) is 11.7. The van der Waals surface area contributed by atoms with Crippen molar-refractivity contribution in [1.29, 1.82) is 0 Å². The second-order valence-corrected chi connectivity index (χ2v) is 7.39. The Kier molecular flexibility index (Phi) is 4.23. The van der Waals surface area contributed by atoms with Crippen molar-refractivity contribution in [2.75, 3.05) is 13.1 Å². The molecule has 0 radical (unpaired) electrons. The average Bonchev–Trinajstić information content (AvgIpc) is 2.96. The van der Waals surface area contributed by atoms with Crippen molar-refractivity contribution >= 4 is 0 Å². The predicted molar refractivity (Wildman–Crippen MR) is 95.6 cm³/mol.